The average molecular weight is 477 g/mol. The molecule has 3 aliphatic heterocycles. The van der Waals surface area contributed by atoms with E-state index in [9.17, 15) is 8.42 Å². The van der Waals surface area contributed by atoms with Crippen LogP contribution in [0.1, 0.15) is 29.5 Å². The van der Waals surface area contributed by atoms with Crippen molar-refractivity contribution in [2.45, 2.75) is 37.9 Å². The predicted octanol–water partition coefficient (Wildman–Crippen LogP) is 3.10. The fourth-order valence-corrected chi connectivity index (χ4v) is 5.32. The van der Waals surface area contributed by atoms with Crippen LogP contribution in [0.3, 0.4) is 0 Å². The molecule has 0 saturated carbocycles. The molecule has 0 saturated heterocycles. The van der Waals surface area contributed by atoms with Gasteiger partial charge in [0.25, 0.3) is 10.1 Å². The van der Waals surface area contributed by atoms with Crippen molar-refractivity contribution in [3.8, 4) is 28.7 Å². The maximum atomic E-state index is 11.3. The van der Waals surface area contributed by atoms with Gasteiger partial charge in [0.2, 0.25) is 0 Å². The van der Waals surface area contributed by atoms with Crippen molar-refractivity contribution in [3.63, 3.8) is 0 Å². The number of ether oxygens (including phenoxy) is 5. The quantitative estimate of drug-likeness (QED) is 0.588. The predicted molar refractivity (Wildman–Crippen MR) is 120 cm³/mol. The molecular formula is C24H28O8S. The van der Waals surface area contributed by atoms with E-state index in [0.717, 1.165) is 46.6 Å². The number of benzene rings is 2. The lowest BCUT2D eigenvalue weighted by Gasteiger charge is -2.38. The molecule has 0 aliphatic carbocycles. The van der Waals surface area contributed by atoms with Crippen molar-refractivity contribution >= 4 is 10.1 Å². The Kier molecular flexibility index (Phi) is 5.56. The lowest BCUT2D eigenvalue weighted by molar-refractivity contribution is 0.0722. The molecule has 4 atom stereocenters. The van der Waals surface area contributed by atoms with Gasteiger partial charge in [-0.25, -0.2) is 0 Å². The number of methoxy groups -OCH3 is 2. The lowest BCUT2D eigenvalue weighted by Crippen LogP contribution is -2.40. The fourth-order valence-electron chi connectivity index (χ4n) is 4.86. The maximum Gasteiger partial charge on any atom is 0.264 e. The Morgan fingerprint density at radius 3 is 2.55 bits per heavy atom. The normalized spacial score (nSPS) is 23.6. The highest BCUT2D eigenvalue weighted by Crippen LogP contribution is 2.50. The summed E-state index contributed by atoms with van der Waals surface area (Å²) in [4.78, 5) is 0. The molecule has 5 rings (SSSR count). The van der Waals surface area contributed by atoms with E-state index in [-0.39, 0.29) is 30.7 Å². The number of fused-ring (bicyclic) bond motifs is 6. The van der Waals surface area contributed by atoms with Gasteiger partial charge in [-0.15, -0.1) is 0 Å². The Hall–Kier alpha value is -2.65. The van der Waals surface area contributed by atoms with Gasteiger partial charge >= 0.3 is 0 Å². The highest BCUT2D eigenvalue weighted by molar-refractivity contribution is 7.85. The summed E-state index contributed by atoms with van der Waals surface area (Å²) in [5.41, 5.74) is 3.21. The summed E-state index contributed by atoms with van der Waals surface area (Å²) >= 11 is 0. The Bertz CT molecular complexity index is 1180. The molecule has 0 amide bonds. The molecule has 0 spiro atoms. The third kappa shape index (κ3) is 4.08. The highest BCUT2D eigenvalue weighted by atomic mass is 32.2. The van der Waals surface area contributed by atoms with Gasteiger partial charge in [0.15, 0.2) is 11.5 Å². The van der Waals surface area contributed by atoms with Gasteiger partial charge in [0, 0.05) is 35.4 Å². The van der Waals surface area contributed by atoms with Crippen molar-refractivity contribution in [2.75, 3.05) is 33.7 Å². The van der Waals surface area contributed by atoms with Gasteiger partial charge in [-0.3, -0.25) is 4.18 Å². The van der Waals surface area contributed by atoms with Gasteiger partial charge in [0.05, 0.1) is 27.1 Å². The van der Waals surface area contributed by atoms with Crippen LogP contribution in [-0.2, 0) is 27.1 Å². The summed E-state index contributed by atoms with van der Waals surface area (Å²) in [5, 5.41) is 0. The van der Waals surface area contributed by atoms with Crippen LogP contribution in [0.4, 0.5) is 0 Å². The SMILES string of the molecule is COc1cc2c(cc1OC)[C@@H]1Cc3ccc4c(c3O[C@@H]1CO2)C[C@H](C(C)COS(C)(=O)=O)O4. The van der Waals surface area contributed by atoms with E-state index in [0.29, 0.717) is 24.5 Å². The van der Waals surface area contributed by atoms with Crippen molar-refractivity contribution in [1.29, 1.82) is 0 Å². The summed E-state index contributed by atoms with van der Waals surface area (Å²) in [5.74, 6) is 3.80. The van der Waals surface area contributed by atoms with Gasteiger partial charge < -0.3 is 23.7 Å². The van der Waals surface area contributed by atoms with E-state index in [2.05, 4.69) is 6.07 Å². The summed E-state index contributed by atoms with van der Waals surface area (Å²) < 4.78 is 57.3. The Morgan fingerprint density at radius 1 is 1.06 bits per heavy atom. The van der Waals surface area contributed by atoms with Crippen molar-refractivity contribution in [3.05, 3.63) is 41.0 Å². The van der Waals surface area contributed by atoms with E-state index < -0.39 is 10.1 Å². The summed E-state index contributed by atoms with van der Waals surface area (Å²) in [7, 11) is -0.253. The first-order valence-electron chi connectivity index (χ1n) is 11.0. The fraction of sp³-hybridized carbons (Fsp3) is 0.500. The van der Waals surface area contributed by atoms with E-state index in [4.69, 9.17) is 27.9 Å². The molecule has 0 bridgehead atoms. The highest BCUT2D eigenvalue weighted by Gasteiger charge is 2.41. The van der Waals surface area contributed by atoms with E-state index in [1.807, 2.05) is 25.1 Å². The number of hydrogen-bond donors (Lipinski definition) is 0. The molecule has 3 heterocycles. The molecule has 1 unspecified atom stereocenters. The van der Waals surface area contributed by atoms with E-state index >= 15 is 0 Å². The monoisotopic (exact) mass is 476 g/mol. The average Bonchev–Trinajstić information content (AvgIpc) is 3.25. The van der Waals surface area contributed by atoms with Gasteiger partial charge in [-0.1, -0.05) is 13.0 Å². The zero-order valence-electron chi connectivity index (χ0n) is 19.1. The molecule has 178 valence electrons. The largest absolute Gasteiger partial charge is 0.493 e. The van der Waals surface area contributed by atoms with Crippen LogP contribution in [0.25, 0.3) is 0 Å². The summed E-state index contributed by atoms with van der Waals surface area (Å²) in [6.07, 6.45) is 2.22. The maximum absolute atomic E-state index is 11.3. The summed E-state index contributed by atoms with van der Waals surface area (Å²) in [6, 6.07) is 7.90. The molecule has 2 aromatic rings. The smallest absolute Gasteiger partial charge is 0.264 e. The van der Waals surface area contributed by atoms with Crippen LogP contribution in [0.15, 0.2) is 24.3 Å². The standard InChI is InChI=1S/C24H28O8S/c1-13(11-30-33(4,25)26)19-9-17-18(31-19)6-5-14-7-15-16-8-21(27-2)22(28-3)10-20(16)29-12-23(15)32-24(14)17/h5-6,8,10,13,15,19,23H,7,9,11-12H2,1-4H3/t13?,15-,19+,23+/m0/s1. The Labute approximate surface area is 193 Å². The van der Waals surface area contributed by atoms with Gasteiger partial charge in [0.1, 0.15) is 36.1 Å². The second kappa shape index (κ2) is 8.29. The molecule has 0 N–H and O–H groups in total. The summed E-state index contributed by atoms with van der Waals surface area (Å²) in [6.45, 7) is 2.46. The molecule has 0 aromatic heterocycles. The Morgan fingerprint density at radius 2 is 1.82 bits per heavy atom. The third-order valence-electron chi connectivity index (χ3n) is 6.64. The minimum atomic E-state index is -3.49. The number of rotatable bonds is 6. The number of hydrogen-bond acceptors (Lipinski definition) is 8. The molecule has 0 fully saturated rings. The first-order chi connectivity index (χ1) is 15.8. The third-order valence-corrected chi connectivity index (χ3v) is 7.20. The lowest BCUT2D eigenvalue weighted by atomic mass is 9.82. The molecule has 3 aliphatic rings. The first-order valence-corrected chi connectivity index (χ1v) is 12.8. The van der Waals surface area contributed by atoms with E-state index in [1.165, 1.54) is 0 Å². The second-order valence-corrected chi connectivity index (χ2v) is 10.5. The van der Waals surface area contributed by atoms with Crippen LogP contribution >= 0.6 is 0 Å². The zero-order chi connectivity index (χ0) is 23.3. The molecule has 2 aromatic carbocycles. The minimum Gasteiger partial charge on any atom is -0.493 e. The first kappa shape index (κ1) is 22.2. The molecular weight excluding hydrogens is 448 g/mol. The van der Waals surface area contributed by atoms with Crippen LogP contribution in [0.5, 0.6) is 28.7 Å². The van der Waals surface area contributed by atoms with Gasteiger partial charge in [-0.05, 0) is 24.1 Å². The minimum absolute atomic E-state index is 0.0845. The van der Waals surface area contributed by atoms with Crippen LogP contribution < -0.4 is 23.7 Å². The molecule has 0 radical (unpaired) electrons. The second-order valence-electron chi connectivity index (χ2n) is 8.88. The van der Waals surface area contributed by atoms with Crippen molar-refractivity contribution in [1.82, 2.24) is 0 Å². The zero-order valence-corrected chi connectivity index (χ0v) is 19.9. The Balaban J connectivity index is 1.39. The molecule has 8 nitrogen and oxygen atoms in total. The van der Waals surface area contributed by atoms with E-state index in [1.54, 1.807) is 14.2 Å². The van der Waals surface area contributed by atoms with Crippen LogP contribution in [0, 0.1) is 5.92 Å². The van der Waals surface area contributed by atoms with Crippen molar-refractivity contribution in [2.24, 2.45) is 5.92 Å². The van der Waals surface area contributed by atoms with Crippen LogP contribution in [0.2, 0.25) is 0 Å². The molecule has 9 heteroatoms. The van der Waals surface area contributed by atoms with Gasteiger partial charge in [-0.2, -0.15) is 8.42 Å². The van der Waals surface area contributed by atoms with Crippen LogP contribution in [-0.4, -0.2) is 54.3 Å². The molecule has 33 heavy (non-hydrogen) atoms. The van der Waals surface area contributed by atoms with Crippen molar-refractivity contribution < 1.29 is 36.3 Å². The topological polar surface area (TPSA) is 89.5 Å².